The van der Waals surface area contributed by atoms with Crippen LogP contribution in [0.3, 0.4) is 0 Å². The maximum absolute atomic E-state index is 12.7. The van der Waals surface area contributed by atoms with Gasteiger partial charge in [-0.1, -0.05) is 18.2 Å². The summed E-state index contributed by atoms with van der Waals surface area (Å²) in [6, 6.07) is 10.3. The number of methoxy groups -OCH3 is 1. The van der Waals surface area contributed by atoms with Gasteiger partial charge in [0.2, 0.25) is 5.91 Å². The summed E-state index contributed by atoms with van der Waals surface area (Å²) in [6.07, 6.45) is 1.38. The molecule has 1 fully saturated rings. The summed E-state index contributed by atoms with van der Waals surface area (Å²) < 4.78 is 6.20. The molecule has 7 nitrogen and oxygen atoms in total. The number of nitrogens with one attached hydrogen (secondary N) is 1. The summed E-state index contributed by atoms with van der Waals surface area (Å²) in [5.41, 5.74) is 0.838. The number of hydrogen-bond donors (Lipinski definition) is 2. The zero-order chi connectivity index (χ0) is 21.1. The highest BCUT2D eigenvalue weighted by molar-refractivity contribution is 9.13. The minimum absolute atomic E-state index is 0.0821. The molecule has 1 aliphatic rings. The lowest BCUT2D eigenvalue weighted by molar-refractivity contribution is -0.127. The lowest BCUT2D eigenvalue weighted by atomic mass is 10.1. The smallest absolute Gasteiger partial charge is 0.294 e. The number of carbonyl (C=O) groups excluding carboxylic acids is 3. The van der Waals surface area contributed by atoms with Crippen molar-refractivity contribution in [2.45, 2.75) is 0 Å². The SMILES string of the molecule is COc1cc(Br)c(Br)c(/C=C2\SC(=O)N(CC(=O)Nc3ccccc3)C2=O)c1O. The molecule has 0 aliphatic carbocycles. The first-order valence-corrected chi connectivity index (χ1v) is 10.6. The van der Waals surface area contributed by atoms with E-state index in [4.69, 9.17) is 4.74 Å². The van der Waals surface area contributed by atoms with Crippen molar-refractivity contribution >= 4 is 72.4 Å². The van der Waals surface area contributed by atoms with Gasteiger partial charge in [-0.05, 0) is 67.9 Å². The molecule has 1 aliphatic heterocycles. The monoisotopic (exact) mass is 540 g/mol. The topological polar surface area (TPSA) is 95.9 Å². The largest absolute Gasteiger partial charge is 0.504 e. The molecule has 0 radical (unpaired) electrons. The van der Waals surface area contributed by atoms with E-state index in [1.54, 1.807) is 36.4 Å². The van der Waals surface area contributed by atoms with E-state index >= 15 is 0 Å². The van der Waals surface area contributed by atoms with E-state index in [9.17, 15) is 19.5 Å². The fourth-order valence-electron chi connectivity index (χ4n) is 2.53. The van der Waals surface area contributed by atoms with Crippen LogP contribution in [0.15, 0.2) is 50.2 Å². The molecule has 2 N–H and O–H groups in total. The van der Waals surface area contributed by atoms with Gasteiger partial charge in [-0.15, -0.1) is 0 Å². The first-order valence-electron chi connectivity index (χ1n) is 8.17. The van der Waals surface area contributed by atoms with E-state index in [-0.39, 0.29) is 22.0 Å². The molecule has 0 atom stereocenters. The number of thioether (sulfide) groups is 1. The van der Waals surface area contributed by atoms with Crippen molar-refractivity contribution < 1.29 is 24.2 Å². The molecule has 1 heterocycles. The Kier molecular flexibility index (Phi) is 6.66. The number of halogens is 2. The van der Waals surface area contributed by atoms with Crippen LogP contribution in [0, 0.1) is 0 Å². The van der Waals surface area contributed by atoms with Crippen molar-refractivity contribution in [3.05, 3.63) is 55.8 Å². The lowest BCUT2D eigenvalue weighted by Crippen LogP contribution is -2.36. The maximum Gasteiger partial charge on any atom is 0.294 e. The summed E-state index contributed by atoms with van der Waals surface area (Å²) >= 11 is 7.37. The number of carbonyl (C=O) groups is 3. The van der Waals surface area contributed by atoms with Crippen molar-refractivity contribution in [2.75, 3.05) is 19.0 Å². The Hall–Kier alpha value is -2.30. The molecule has 0 aromatic heterocycles. The number of nitrogens with zero attached hydrogens (tertiary/aromatic N) is 1. The van der Waals surface area contributed by atoms with Gasteiger partial charge < -0.3 is 15.2 Å². The minimum Gasteiger partial charge on any atom is -0.504 e. The van der Waals surface area contributed by atoms with Gasteiger partial charge >= 0.3 is 0 Å². The summed E-state index contributed by atoms with van der Waals surface area (Å²) in [5.74, 6) is -1.09. The molecule has 0 unspecified atom stereocenters. The molecule has 2 aromatic rings. The first kappa shape index (κ1) is 21.4. The number of phenols is 1. The number of para-hydroxylation sites is 1. The second-order valence-corrected chi connectivity index (χ2v) is 8.46. The van der Waals surface area contributed by atoms with Crippen LogP contribution in [-0.4, -0.2) is 40.7 Å². The van der Waals surface area contributed by atoms with E-state index in [1.807, 2.05) is 0 Å². The molecular formula is C19H14Br2N2O5S. The number of benzene rings is 2. The van der Waals surface area contributed by atoms with E-state index in [2.05, 4.69) is 37.2 Å². The lowest BCUT2D eigenvalue weighted by Gasteiger charge is -2.12. The van der Waals surface area contributed by atoms with Crippen molar-refractivity contribution in [3.8, 4) is 11.5 Å². The highest BCUT2D eigenvalue weighted by Gasteiger charge is 2.36. The second kappa shape index (κ2) is 9.02. The van der Waals surface area contributed by atoms with E-state index in [1.165, 1.54) is 13.2 Å². The molecule has 0 bridgehead atoms. The Balaban J connectivity index is 1.82. The molecule has 3 rings (SSSR count). The van der Waals surface area contributed by atoms with Crippen LogP contribution in [-0.2, 0) is 9.59 Å². The average Bonchev–Trinajstić information content (AvgIpc) is 2.96. The average molecular weight is 542 g/mol. The normalized spacial score (nSPS) is 15.1. The number of rotatable bonds is 5. The number of amides is 3. The third-order valence-corrected chi connectivity index (χ3v) is 6.84. The summed E-state index contributed by atoms with van der Waals surface area (Å²) in [5, 5.41) is 12.4. The number of imide groups is 1. The van der Waals surface area contributed by atoms with Gasteiger partial charge in [-0.25, -0.2) is 0 Å². The van der Waals surface area contributed by atoms with Crippen LogP contribution in [0.2, 0.25) is 0 Å². The van der Waals surface area contributed by atoms with E-state index < -0.39 is 23.6 Å². The third-order valence-electron chi connectivity index (χ3n) is 3.92. The van der Waals surface area contributed by atoms with Gasteiger partial charge in [0.25, 0.3) is 11.1 Å². The molecule has 1 saturated heterocycles. The van der Waals surface area contributed by atoms with Crippen molar-refractivity contribution in [1.29, 1.82) is 0 Å². The summed E-state index contributed by atoms with van der Waals surface area (Å²) in [6.45, 7) is -0.411. The first-order chi connectivity index (χ1) is 13.8. The second-order valence-electron chi connectivity index (χ2n) is 5.82. The Bertz CT molecular complexity index is 1030. The van der Waals surface area contributed by atoms with Gasteiger partial charge in [-0.3, -0.25) is 19.3 Å². The van der Waals surface area contributed by atoms with Gasteiger partial charge in [0, 0.05) is 20.2 Å². The van der Waals surface area contributed by atoms with Crippen LogP contribution >= 0.6 is 43.6 Å². The Labute approximate surface area is 187 Å². The molecule has 3 amide bonds. The molecule has 0 saturated carbocycles. The predicted octanol–water partition coefficient (Wildman–Crippen LogP) is 4.60. The van der Waals surface area contributed by atoms with E-state index in [0.717, 1.165) is 4.90 Å². The zero-order valence-corrected chi connectivity index (χ0v) is 18.9. The van der Waals surface area contributed by atoms with Gasteiger partial charge in [0.15, 0.2) is 11.5 Å². The maximum atomic E-state index is 12.7. The standard InChI is InChI=1S/C19H14Br2N2O5S/c1-28-13-8-12(20)16(21)11(17(13)25)7-14-18(26)23(19(27)29-14)9-15(24)22-10-5-3-2-4-6-10/h2-8,25H,9H2,1H3,(H,22,24)/b14-7-. The zero-order valence-electron chi connectivity index (χ0n) is 14.9. The summed E-state index contributed by atoms with van der Waals surface area (Å²) in [4.78, 5) is 38.1. The molecule has 0 spiro atoms. The van der Waals surface area contributed by atoms with Crippen LogP contribution in [0.5, 0.6) is 11.5 Å². The minimum atomic E-state index is -0.617. The third kappa shape index (κ3) is 4.65. The number of hydrogen-bond acceptors (Lipinski definition) is 6. The Morgan fingerprint density at radius 3 is 2.62 bits per heavy atom. The van der Waals surface area contributed by atoms with Gasteiger partial charge in [0.05, 0.1) is 12.0 Å². The summed E-state index contributed by atoms with van der Waals surface area (Å²) in [7, 11) is 1.40. The van der Waals surface area contributed by atoms with Crippen LogP contribution in [0.1, 0.15) is 5.56 Å². The number of aromatic hydroxyl groups is 1. The van der Waals surface area contributed by atoms with Crippen molar-refractivity contribution in [1.82, 2.24) is 4.90 Å². The molecule has 150 valence electrons. The van der Waals surface area contributed by atoms with Gasteiger partial charge in [0.1, 0.15) is 6.54 Å². The van der Waals surface area contributed by atoms with E-state index in [0.29, 0.717) is 26.4 Å². The van der Waals surface area contributed by atoms with Crippen molar-refractivity contribution in [3.63, 3.8) is 0 Å². The fourth-order valence-corrected chi connectivity index (χ4v) is 4.19. The number of ether oxygens (including phenoxy) is 1. The fraction of sp³-hybridized carbons (Fsp3) is 0.105. The Morgan fingerprint density at radius 2 is 1.97 bits per heavy atom. The van der Waals surface area contributed by atoms with Crippen LogP contribution in [0.25, 0.3) is 6.08 Å². The van der Waals surface area contributed by atoms with Gasteiger partial charge in [-0.2, -0.15) is 0 Å². The van der Waals surface area contributed by atoms with Crippen LogP contribution < -0.4 is 10.1 Å². The van der Waals surface area contributed by atoms with Crippen LogP contribution in [0.4, 0.5) is 10.5 Å². The highest BCUT2D eigenvalue weighted by Crippen LogP contribution is 2.43. The number of anilines is 1. The molecule has 10 heteroatoms. The quantitative estimate of drug-likeness (QED) is 0.537. The highest BCUT2D eigenvalue weighted by atomic mass is 79.9. The Morgan fingerprint density at radius 1 is 1.28 bits per heavy atom. The number of phenolic OH excluding ortho intramolecular Hbond substituents is 1. The molecule has 2 aromatic carbocycles. The molecular weight excluding hydrogens is 528 g/mol. The predicted molar refractivity (Wildman–Crippen MR) is 118 cm³/mol. The molecule has 29 heavy (non-hydrogen) atoms. The van der Waals surface area contributed by atoms with Crippen molar-refractivity contribution in [2.24, 2.45) is 0 Å².